The molecule has 106 valence electrons. The minimum absolute atomic E-state index is 0.461. The van der Waals surface area contributed by atoms with Crippen LogP contribution in [0.15, 0.2) is 30.3 Å². The fourth-order valence-electron chi connectivity index (χ4n) is 1.36. The van der Waals surface area contributed by atoms with E-state index in [4.69, 9.17) is 16.3 Å². The maximum Gasteiger partial charge on any atom is 0.416 e. The molecule has 0 radical (unpaired) electrons. The molecule has 20 heavy (non-hydrogen) atoms. The molecule has 0 unspecified atom stereocenters. The highest BCUT2D eigenvalue weighted by Gasteiger charge is 2.32. The van der Waals surface area contributed by atoms with E-state index in [2.05, 4.69) is 4.98 Å². The molecular formula is C12H5ClF5NO. The Labute approximate surface area is 114 Å². The van der Waals surface area contributed by atoms with Gasteiger partial charge >= 0.3 is 6.18 Å². The van der Waals surface area contributed by atoms with Crippen molar-refractivity contribution < 1.29 is 26.7 Å². The number of pyridine rings is 1. The van der Waals surface area contributed by atoms with Gasteiger partial charge in [0.05, 0.1) is 5.56 Å². The zero-order chi connectivity index (χ0) is 14.9. The van der Waals surface area contributed by atoms with E-state index in [0.29, 0.717) is 18.2 Å². The zero-order valence-corrected chi connectivity index (χ0v) is 10.3. The molecule has 0 spiro atoms. The van der Waals surface area contributed by atoms with Crippen molar-refractivity contribution in [3.63, 3.8) is 0 Å². The number of benzene rings is 1. The highest BCUT2D eigenvalue weighted by molar-refractivity contribution is 6.29. The van der Waals surface area contributed by atoms with Crippen LogP contribution >= 0.6 is 11.6 Å². The van der Waals surface area contributed by atoms with Gasteiger partial charge in [-0.25, -0.2) is 13.8 Å². The van der Waals surface area contributed by atoms with Gasteiger partial charge in [0, 0.05) is 12.1 Å². The molecule has 8 heteroatoms. The third-order valence-corrected chi connectivity index (χ3v) is 2.40. The molecule has 2 aromatic rings. The summed E-state index contributed by atoms with van der Waals surface area (Å²) in [5, 5.41) is -0.461. The summed E-state index contributed by atoms with van der Waals surface area (Å²) >= 11 is 5.44. The first kappa shape index (κ1) is 14.5. The van der Waals surface area contributed by atoms with Crippen LogP contribution in [0.4, 0.5) is 22.0 Å². The van der Waals surface area contributed by atoms with E-state index in [-0.39, 0.29) is 0 Å². The number of aromatic nitrogens is 1. The lowest BCUT2D eigenvalue weighted by Crippen LogP contribution is -2.06. The maximum atomic E-state index is 13.3. The van der Waals surface area contributed by atoms with Crippen molar-refractivity contribution in [1.82, 2.24) is 4.98 Å². The van der Waals surface area contributed by atoms with E-state index >= 15 is 0 Å². The summed E-state index contributed by atoms with van der Waals surface area (Å²) in [6, 6.07) is 3.53. The third-order valence-electron chi connectivity index (χ3n) is 2.21. The second-order valence-electron chi connectivity index (χ2n) is 3.69. The van der Waals surface area contributed by atoms with Gasteiger partial charge in [0.2, 0.25) is 5.88 Å². The summed E-state index contributed by atoms with van der Waals surface area (Å²) in [5.74, 6) is -2.92. The Morgan fingerprint density at radius 3 is 2.35 bits per heavy atom. The largest absolute Gasteiger partial charge is 0.436 e. The first-order valence-corrected chi connectivity index (χ1v) is 5.51. The predicted octanol–water partition coefficient (Wildman–Crippen LogP) is 4.82. The Kier molecular flexibility index (Phi) is 3.80. The van der Waals surface area contributed by atoms with Crippen molar-refractivity contribution in [2.24, 2.45) is 0 Å². The Bertz CT molecular complexity index is 644. The Morgan fingerprint density at radius 1 is 1.05 bits per heavy atom. The molecule has 2 nitrogen and oxygen atoms in total. The van der Waals surface area contributed by atoms with Crippen LogP contribution in [0.25, 0.3) is 0 Å². The van der Waals surface area contributed by atoms with Crippen LogP contribution in [0.5, 0.6) is 11.6 Å². The summed E-state index contributed by atoms with van der Waals surface area (Å²) in [6.45, 7) is 0. The number of ether oxygens (including phenoxy) is 1. The van der Waals surface area contributed by atoms with Gasteiger partial charge in [0.1, 0.15) is 11.0 Å². The monoisotopic (exact) mass is 309 g/mol. The van der Waals surface area contributed by atoms with Gasteiger partial charge in [-0.1, -0.05) is 11.6 Å². The number of hydrogen-bond acceptors (Lipinski definition) is 2. The normalized spacial score (nSPS) is 11.5. The maximum absolute atomic E-state index is 13.3. The molecule has 0 aliphatic heterocycles. The van der Waals surface area contributed by atoms with Gasteiger partial charge in [-0.3, -0.25) is 0 Å². The average molecular weight is 310 g/mol. The molecule has 1 aromatic heterocycles. The molecule has 0 aliphatic carbocycles. The minimum Gasteiger partial charge on any atom is -0.436 e. The topological polar surface area (TPSA) is 22.1 Å². The quantitative estimate of drug-likeness (QED) is 0.586. The van der Waals surface area contributed by atoms with Gasteiger partial charge in [0.25, 0.3) is 0 Å². The SMILES string of the molecule is Fc1ccc(Oc2cc(C(F)(F)F)cc(Cl)n2)c(F)c1. The smallest absolute Gasteiger partial charge is 0.416 e. The first-order chi connectivity index (χ1) is 9.25. The molecule has 0 fully saturated rings. The second kappa shape index (κ2) is 5.24. The van der Waals surface area contributed by atoms with E-state index in [1.807, 2.05) is 0 Å². The van der Waals surface area contributed by atoms with Gasteiger partial charge in [-0.05, 0) is 18.2 Å². The highest BCUT2D eigenvalue weighted by Crippen LogP contribution is 2.34. The lowest BCUT2D eigenvalue weighted by atomic mass is 10.2. The van der Waals surface area contributed by atoms with Crippen molar-refractivity contribution in [1.29, 1.82) is 0 Å². The van der Waals surface area contributed by atoms with E-state index in [0.717, 1.165) is 12.1 Å². The van der Waals surface area contributed by atoms with E-state index in [1.54, 1.807) is 0 Å². The minimum atomic E-state index is -4.65. The van der Waals surface area contributed by atoms with Gasteiger partial charge in [0.15, 0.2) is 11.6 Å². The molecule has 0 bridgehead atoms. The van der Waals surface area contributed by atoms with Crippen molar-refractivity contribution in [2.75, 3.05) is 0 Å². The summed E-state index contributed by atoms with van der Waals surface area (Å²) in [6.07, 6.45) is -4.65. The van der Waals surface area contributed by atoms with Crippen LogP contribution in [0.3, 0.4) is 0 Å². The zero-order valence-electron chi connectivity index (χ0n) is 9.51. The van der Waals surface area contributed by atoms with Crippen LogP contribution in [-0.4, -0.2) is 4.98 Å². The molecule has 1 heterocycles. The molecule has 0 aliphatic rings. The fourth-order valence-corrected chi connectivity index (χ4v) is 1.56. The summed E-state index contributed by atoms with van der Waals surface area (Å²) in [4.78, 5) is 3.49. The first-order valence-electron chi connectivity index (χ1n) is 5.13. The molecule has 1 aromatic carbocycles. The van der Waals surface area contributed by atoms with Crippen LogP contribution in [0.2, 0.25) is 5.15 Å². The van der Waals surface area contributed by atoms with Crippen molar-refractivity contribution in [2.45, 2.75) is 6.18 Å². The fraction of sp³-hybridized carbons (Fsp3) is 0.0833. The Hall–Kier alpha value is -1.89. The standard InChI is InChI=1S/C12H5ClF5NO/c13-10-3-6(12(16,17)18)4-11(19-10)20-9-2-1-7(14)5-8(9)15/h1-5H. The number of halogens is 6. The van der Waals surface area contributed by atoms with Crippen molar-refractivity contribution >= 4 is 11.6 Å². The molecule has 0 saturated heterocycles. The lowest BCUT2D eigenvalue weighted by Gasteiger charge is -2.10. The highest BCUT2D eigenvalue weighted by atomic mass is 35.5. The van der Waals surface area contributed by atoms with Crippen LogP contribution in [-0.2, 0) is 6.18 Å². The molecule has 0 amide bonds. The molecule has 0 N–H and O–H groups in total. The number of alkyl halides is 3. The van der Waals surface area contributed by atoms with E-state index in [9.17, 15) is 22.0 Å². The molecular weight excluding hydrogens is 305 g/mol. The summed E-state index contributed by atoms with van der Waals surface area (Å²) in [7, 11) is 0. The number of rotatable bonds is 2. The second-order valence-corrected chi connectivity index (χ2v) is 4.08. The van der Waals surface area contributed by atoms with Crippen molar-refractivity contribution in [3.05, 3.63) is 52.7 Å². The summed E-state index contributed by atoms with van der Waals surface area (Å²) in [5.41, 5.74) is -1.09. The van der Waals surface area contributed by atoms with Crippen molar-refractivity contribution in [3.8, 4) is 11.6 Å². The van der Waals surface area contributed by atoms with Crippen LogP contribution < -0.4 is 4.74 Å². The average Bonchev–Trinajstić information content (AvgIpc) is 2.31. The van der Waals surface area contributed by atoms with E-state index < -0.39 is 40.2 Å². The molecule has 0 saturated carbocycles. The third kappa shape index (κ3) is 3.36. The molecule has 0 atom stereocenters. The number of nitrogens with zero attached hydrogens (tertiary/aromatic N) is 1. The number of hydrogen-bond donors (Lipinski definition) is 0. The Morgan fingerprint density at radius 2 is 1.75 bits per heavy atom. The predicted molar refractivity (Wildman–Crippen MR) is 60.7 cm³/mol. The van der Waals surface area contributed by atoms with E-state index in [1.165, 1.54) is 0 Å². The van der Waals surface area contributed by atoms with Gasteiger partial charge in [-0.15, -0.1) is 0 Å². The lowest BCUT2D eigenvalue weighted by molar-refractivity contribution is -0.137. The van der Waals surface area contributed by atoms with Gasteiger partial charge in [-0.2, -0.15) is 13.2 Å². The van der Waals surface area contributed by atoms with Crippen LogP contribution in [0.1, 0.15) is 5.56 Å². The summed E-state index contributed by atoms with van der Waals surface area (Å²) < 4.78 is 68.5. The Balaban J connectivity index is 2.36. The van der Waals surface area contributed by atoms with Gasteiger partial charge < -0.3 is 4.74 Å². The van der Waals surface area contributed by atoms with Crippen LogP contribution in [0, 0.1) is 11.6 Å². The molecule has 2 rings (SSSR count).